The van der Waals surface area contributed by atoms with E-state index in [0.29, 0.717) is 12.5 Å². The van der Waals surface area contributed by atoms with Crippen LogP contribution in [-0.2, 0) is 14.3 Å². The third kappa shape index (κ3) is 21.3. The minimum atomic E-state index is -0.963. The van der Waals surface area contributed by atoms with Crippen molar-refractivity contribution in [2.75, 3.05) is 13.2 Å². The Morgan fingerprint density at radius 1 is 1.00 bits per heavy atom. The SMILES string of the molecule is CC(O)CC(=O)O.CC(O)CC(=O)OCCC(C)CCO. The summed E-state index contributed by atoms with van der Waals surface area (Å²) in [5, 5.41) is 33.8. The number of hydrogen-bond donors (Lipinski definition) is 4. The molecular weight excluding hydrogens is 280 g/mol. The van der Waals surface area contributed by atoms with Gasteiger partial charge in [0.25, 0.3) is 0 Å². The Balaban J connectivity index is 0. The van der Waals surface area contributed by atoms with Crippen molar-refractivity contribution in [3.63, 3.8) is 0 Å². The second kappa shape index (κ2) is 13.8. The average Bonchev–Trinajstić information content (AvgIpc) is 2.26. The zero-order valence-corrected chi connectivity index (χ0v) is 13.0. The van der Waals surface area contributed by atoms with E-state index in [1.54, 1.807) is 6.92 Å². The van der Waals surface area contributed by atoms with Crippen molar-refractivity contribution in [3.8, 4) is 0 Å². The summed E-state index contributed by atoms with van der Waals surface area (Å²) in [6, 6.07) is 0. The second-order valence-corrected chi connectivity index (χ2v) is 5.13. The molecule has 0 saturated heterocycles. The van der Waals surface area contributed by atoms with Crippen molar-refractivity contribution in [3.05, 3.63) is 0 Å². The summed E-state index contributed by atoms with van der Waals surface area (Å²) in [7, 11) is 0. The van der Waals surface area contributed by atoms with Gasteiger partial charge >= 0.3 is 11.9 Å². The van der Waals surface area contributed by atoms with Crippen LogP contribution in [0.5, 0.6) is 0 Å². The molecule has 0 saturated carbocycles. The van der Waals surface area contributed by atoms with E-state index in [0.717, 1.165) is 12.8 Å². The number of carboxylic acids is 1. The number of rotatable bonds is 9. The van der Waals surface area contributed by atoms with E-state index >= 15 is 0 Å². The molecule has 4 N–H and O–H groups in total. The van der Waals surface area contributed by atoms with Crippen molar-refractivity contribution in [2.45, 2.75) is 58.7 Å². The first kappa shape index (κ1) is 22.1. The van der Waals surface area contributed by atoms with Crippen LogP contribution in [0.2, 0.25) is 0 Å². The minimum absolute atomic E-state index is 0.0500. The number of carboxylic acid groups (broad SMARTS) is 1. The number of hydrogen-bond acceptors (Lipinski definition) is 6. The van der Waals surface area contributed by atoms with E-state index in [1.807, 2.05) is 6.92 Å². The fourth-order valence-corrected chi connectivity index (χ4v) is 1.29. The molecular formula is C14H28O7. The van der Waals surface area contributed by atoms with Gasteiger partial charge in [-0.05, 0) is 32.6 Å². The molecule has 126 valence electrons. The molecule has 0 aliphatic heterocycles. The van der Waals surface area contributed by atoms with Gasteiger partial charge in [0.15, 0.2) is 0 Å². The van der Waals surface area contributed by atoms with Crippen LogP contribution in [0, 0.1) is 5.92 Å². The summed E-state index contributed by atoms with van der Waals surface area (Å²) in [4.78, 5) is 20.6. The lowest BCUT2D eigenvalue weighted by atomic mass is 10.1. The van der Waals surface area contributed by atoms with Gasteiger partial charge in [0.2, 0.25) is 0 Å². The smallest absolute Gasteiger partial charge is 0.308 e. The van der Waals surface area contributed by atoms with Crippen LogP contribution in [0.4, 0.5) is 0 Å². The molecule has 0 aromatic carbocycles. The summed E-state index contributed by atoms with van der Waals surface area (Å²) < 4.78 is 4.89. The van der Waals surface area contributed by atoms with E-state index in [1.165, 1.54) is 6.92 Å². The molecule has 0 fully saturated rings. The lowest BCUT2D eigenvalue weighted by Gasteiger charge is -2.10. The van der Waals surface area contributed by atoms with Crippen LogP contribution in [0.25, 0.3) is 0 Å². The third-order valence-electron chi connectivity index (χ3n) is 2.43. The number of carbonyl (C=O) groups is 2. The maximum Gasteiger partial charge on any atom is 0.308 e. The molecule has 0 amide bonds. The highest BCUT2D eigenvalue weighted by Gasteiger charge is 2.08. The monoisotopic (exact) mass is 308 g/mol. The van der Waals surface area contributed by atoms with Gasteiger partial charge in [-0.3, -0.25) is 9.59 Å². The van der Waals surface area contributed by atoms with Gasteiger partial charge < -0.3 is 25.2 Å². The summed E-state index contributed by atoms with van der Waals surface area (Å²) >= 11 is 0. The van der Waals surface area contributed by atoms with Gasteiger partial charge in [-0.25, -0.2) is 0 Å². The first-order chi connectivity index (χ1) is 9.68. The number of esters is 1. The zero-order chi connectivity index (χ0) is 16.8. The maximum absolute atomic E-state index is 11.0. The van der Waals surface area contributed by atoms with Crippen molar-refractivity contribution in [1.29, 1.82) is 0 Å². The van der Waals surface area contributed by atoms with E-state index in [4.69, 9.17) is 25.2 Å². The molecule has 7 heteroatoms. The molecule has 0 bridgehead atoms. The van der Waals surface area contributed by atoms with Crippen LogP contribution in [0.3, 0.4) is 0 Å². The highest BCUT2D eigenvalue weighted by Crippen LogP contribution is 2.06. The number of aliphatic hydroxyl groups is 3. The predicted octanol–water partition coefficient (Wildman–Crippen LogP) is 0.551. The highest BCUT2D eigenvalue weighted by molar-refractivity contribution is 5.69. The molecule has 0 aliphatic rings. The van der Waals surface area contributed by atoms with Gasteiger partial charge in [0.05, 0.1) is 31.7 Å². The number of ether oxygens (including phenoxy) is 1. The lowest BCUT2D eigenvalue weighted by molar-refractivity contribution is -0.146. The zero-order valence-electron chi connectivity index (χ0n) is 13.0. The van der Waals surface area contributed by atoms with E-state index < -0.39 is 18.2 Å². The first-order valence-electron chi connectivity index (χ1n) is 7.03. The van der Waals surface area contributed by atoms with Crippen molar-refractivity contribution in [1.82, 2.24) is 0 Å². The molecule has 0 radical (unpaired) electrons. The number of carbonyl (C=O) groups excluding carboxylic acids is 1. The number of aliphatic carboxylic acids is 1. The van der Waals surface area contributed by atoms with Crippen LogP contribution in [0.15, 0.2) is 0 Å². The van der Waals surface area contributed by atoms with E-state index in [9.17, 15) is 9.59 Å². The topological polar surface area (TPSA) is 124 Å². The molecule has 0 aromatic rings. The van der Waals surface area contributed by atoms with Crippen LogP contribution in [0.1, 0.15) is 46.5 Å². The molecule has 7 nitrogen and oxygen atoms in total. The largest absolute Gasteiger partial charge is 0.481 e. The van der Waals surface area contributed by atoms with Crippen molar-refractivity contribution in [2.24, 2.45) is 5.92 Å². The molecule has 0 rings (SSSR count). The van der Waals surface area contributed by atoms with E-state index in [2.05, 4.69) is 0 Å². The molecule has 0 heterocycles. The Labute approximate surface area is 125 Å². The molecule has 3 atom stereocenters. The normalized spacial score (nSPS) is 14.4. The molecule has 0 spiro atoms. The summed E-state index contributed by atoms with van der Waals surface area (Å²) in [5.41, 5.74) is 0. The Kier molecular flexibility index (Phi) is 14.5. The Morgan fingerprint density at radius 3 is 1.86 bits per heavy atom. The van der Waals surface area contributed by atoms with Gasteiger partial charge in [0, 0.05) is 6.61 Å². The van der Waals surface area contributed by atoms with Gasteiger partial charge in [-0.2, -0.15) is 0 Å². The molecule has 3 unspecified atom stereocenters. The lowest BCUT2D eigenvalue weighted by Crippen LogP contribution is -2.14. The van der Waals surface area contributed by atoms with E-state index in [-0.39, 0.29) is 25.4 Å². The van der Waals surface area contributed by atoms with Crippen LogP contribution < -0.4 is 0 Å². The second-order valence-electron chi connectivity index (χ2n) is 5.13. The molecule has 0 aliphatic carbocycles. The molecule has 0 aromatic heterocycles. The highest BCUT2D eigenvalue weighted by atomic mass is 16.5. The average molecular weight is 308 g/mol. The Bertz CT molecular complexity index is 276. The first-order valence-corrected chi connectivity index (χ1v) is 7.03. The number of aliphatic hydroxyl groups excluding tert-OH is 3. The third-order valence-corrected chi connectivity index (χ3v) is 2.43. The van der Waals surface area contributed by atoms with Gasteiger partial charge in [0.1, 0.15) is 0 Å². The Hall–Kier alpha value is -1.18. The van der Waals surface area contributed by atoms with Gasteiger partial charge in [-0.15, -0.1) is 0 Å². The minimum Gasteiger partial charge on any atom is -0.481 e. The summed E-state index contributed by atoms with van der Waals surface area (Å²) in [5.74, 6) is -0.967. The summed E-state index contributed by atoms with van der Waals surface area (Å²) in [6.07, 6.45) is 0.00362. The summed E-state index contributed by atoms with van der Waals surface area (Å²) in [6.45, 7) is 5.53. The van der Waals surface area contributed by atoms with Crippen molar-refractivity contribution >= 4 is 11.9 Å². The Morgan fingerprint density at radius 2 is 1.52 bits per heavy atom. The van der Waals surface area contributed by atoms with Crippen LogP contribution in [-0.4, -0.2) is 57.8 Å². The van der Waals surface area contributed by atoms with Crippen LogP contribution >= 0.6 is 0 Å². The fourth-order valence-electron chi connectivity index (χ4n) is 1.29. The quantitative estimate of drug-likeness (QED) is 0.458. The van der Waals surface area contributed by atoms with Crippen molar-refractivity contribution < 1.29 is 34.8 Å². The van der Waals surface area contributed by atoms with Gasteiger partial charge in [-0.1, -0.05) is 6.92 Å². The maximum atomic E-state index is 11.0. The standard InChI is InChI=1S/C10H20O4.C4H8O3/c1-8(3-5-11)4-6-14-10(13)7-9(2)12;1-3(5)2-4(6)7/h8-9,11-12H,3-7H2,1-2H3;3,5H,2H2,1H3,(H,6,7). The predicted molar refractivity (Wildman–Crippen MR) is 76.7 cm³/mol. The fraction of sp³-hybridized carbons (Fsp3) is 0.857. The molecule has 21 heavy (non-hydrogen) atoms.